The largest absolute Gasteiger partial charge is 0.380 e. The van der Waals surface area contributed by atoms with Gasteiger partial charge >= 0.3 is 0 Å². The van der Waals surface area contributed by atoms with Gasteiger partial charge in [-0.05, 0) is 6.42 Å². The molecule has 32 heavy (non-hydrogen) atoms. The monoisotopic (exact) mass is 447 g/mol. The molecule has 0 bridgehead atoms. The molecule has 0 spiro atoms. The Labute approximate surface area is 190 Å². The number of nitrogens with two attached hydrogens (primary N) is 1. The second kappa shape index (κ2) is 12.7. The summed E-state index contributed by atoms with van der Waals surface area (Å²) in [5, 5.41) is 0. The van der Waals surface area contributed by atoms with E-state index in [0.717, 1.165) is 57.8 Å². The second-order valence-electron chi connectivity index (χ2n) is 8.30. The molecule has 0 aliphatic carbocycles. The third-order valence-electron chi connectivity index (χ3n) is 6.04. The maximum Gasteiger partial charge on any atom is 0.225 e. The average molecular weight is 448 g/mol. The van der Waals surface area contributed by atoms with Gasteiger partial charge in [-0.2, -0.15) is 0 Å². The Kier molecular flexibility index (Phi) is 9.63. The molecule has 1 aromatic rings. The SMILES string of the molecule is CCCC(=O)N1CCN(CCOCCC(=O)N2CCN(c3ncc(CN)cn3)CC2)CC1. The van der Waals surface area contributed by atoms with E-state index in [0.29, 0.717) is 51.6 Å². The lowest BCUT2D eigenvalue weighted by Gasteiger charge is -2.35. The number of aromatic nitrogens is 2. The average Bonchev–Trinajstić information content (AvgIpc) is 2.84. The standard InChI is InChI=1S/C22H37N7O3/c1-2-3-20(30)27-7-5-26(6-8-27)13-15-32-14-4-21(31)28-9-11-29(12-10-28)22-24-17-19(16-23)18-25-22/h17-18H,2-16,23H2,1H3. The first kappa shape index (κ1) is 24.3. The molecular formula is C22H37N7O3. The van der Waals surface area contributed by atoms with Crippen molar-refractivity contribution in [1.29, 1.82) is 0 Å². The number of carbonyl (C=O) groups excluding carboxylic acids is 2. The van der Waals surface area contributed by atoms with Crippen molar-refractivity contribution >= 4 is 17.8 Å². The molecule has 2 amide bonds. The Morgan fingerprint density at radius 3 is 2.09 bits per heavy atom. The van der Waals surface area contributed by atoms with Crippen molar-refractivity contribution in [1.82, 2.24) is 24.7 Å². The van der Waals surface area contributed by atoms with Crippen LogP contribution >= 0.6 is 0 Å². The number of anilines is 1. The van der Waals surface area contributed by atoms with Crippen molar-refractivity contribution in [3.63, 3.8) is 0 Å². The van der Waals surface area contributed by atoms with Crippen molar-refractivity contribution in [3.05, 3.63) is 18.0 Å². The summed E-state index contributed by atoms with van der Waals surface area (Å²) in [5.74, 6) is 1.08. The fraction of sp³-hybridized carbons (Fsp3) is 0.727. The molecule has 3 rings (SSSR count). The van der Waals surface area contributed by atoms with Crippen molar-refractivity contribution in [2.24, 2.45) is 5.73 Å². The van der Waals surface area contributed by atoms with Gasteiger partial charge in [0.05, 0.1) is 19.6 Å². The number of ether oxygens (including phenoxy) is 1. The Bertz CT molecular complexity index is 715. The van der Waals surface area contributed by atoms with Gasteiger partial charge in [-0.25, -0.2) is 9.97 Å². The van der Waals surface area contributed by atoms with Crippen molar-refractivity contribution in [3.8, 4) is 0 Å². The van der Waals surface area contributed by atoms with Crippen LogP contribution in [0.5, 0.6) is 0 Å². The first-order chi connectivity index (χ1) is 15.6. The number of piperazine rings is 2. The molecule has 10 heteroatoms. The molecule has 2 N–H and O–H groups in total. The zero-order valence-electron chi connectivity index (χ0n) is 19.2. The molecule has 2 fully saturated rings. The van der Waals surface area contributed by atoms with E-state index in [1.165, 1.54) is 0 Å². The van der Waals surface area contributed by atoms with E-state index < -0.39 is 0 Å². The van der Waals surface area contributed by atoms with Gasteiger partial charge < -0.3 is 25.2 Å². The van der Waals surface area contributed by atoms with Crippen LogP contribution in [0.15, 0.2) is 12.4 Å². The van der Waals surface area contributed by atoms with Gasteiger partial charge in [0.25, 0.3) is 0 Å². The van der Waals surface area contributed by atoms with Crippen molar-refractivity contribution in [2.75, 3.05) is 77.0 Å². The zero-order chi connectivity index (χ0) is 22.8. The minimum Gasteiger partial charge on any atom is -0.380 e. The molecule has 178 valence electrons. The van der Waals surface area contributed by atoms with E-state index in [2.05, 4.69) is 19.8 Å². The van der Waals surface area contributed by atoms with Gasteiger partial charge in [0.2, 0.25) is 17.8 Å². The number of nitrogens with zero attached hydrogens (tertiary/aromatic N) is 6. The third kappa shape index (κ3) is 7.11. The van der Waals surface area contributed by atoms with Crippen LogP contribution < -0.4 is 10.6 Å². The van der Waals surface area contributed by atoms with E-state index in [1.807, 2.05) is 16.7 Å². The normalized spacial score (nSPS) is 17.6. The molecule has 10 nitrogen and oxygen atoms in total. The van der Waals surface area contributed by atoms with E-state index in [-0.39, 0.29) is 11.8 Å². The topological polar surface area (TPSA) is 108 Å². The van der Waals surface area contributed by atoms with Gasteiger partial charge in [0, 0.05) is 89.8 Å². The highest BCUT2D eigenvalue weighted by atomic mass is 16.5. The minimum atomic E-state index is 0.132. The summed E-state index contributed by atoms with van der Waals surface area (Å²) in [7, 11) is 0. The lowest BCUT2D eigenvalue weighted by atomic mass is 10.2. The molecule has 0 aromatic carbocycles. The quantitative estimate of drug-likeness (QED) is 0.497. The molecule has 0 unspecified atom stereocenters. The molecule has 3 heterocycles. The molecule has 0 atom stereocenters. The van der Waals surface area contributed by atoms with Crippen LogP contribution in [0.1, 0.15) is 31.7 Å². The summed E-state index contributed by atoms with van der Waals surface area (Å²) in [6.07, 6.45) is 5.45. The minimum absolute atomic E-state index is 0.132. The van der Waals surface area contributed by atoms with E-state index in [9.17, 15) is 9.59 Å². The Morgan fingerprint density at radius 2 is 1.50 bits per heavy atom. The van der Waals surface area contributed by atoms with E-state index in [4.69, 9.17) is 10.5 Å². The second-order valence-corrected chi connectivity index (χ2v) is 8.30. The van der Waals surface area contributed by atoms with Gasteiger partial charge in [-0.3, -0.25) is 14.5 Å². The summed E-state index contributed by atoms with van der Waals surface area (Å²) >= 11 is 0. The molecule has 1 aromatic heterocycles. The fourth-order valence-electron chi connectivity index (χ4n) is 3.98. The predicted molar refractivity (Wildman–Crippen MR) is 122 cm³/mol. The summed E-state index contributed by atoms with van der Waals surface area (Å²) < 4.78 is 5.71. The number of amides is 2. The number of hydrogen-bond acceptors (Lipinski definition) is 8. The smallest absolute Gasteiger partial charge is 0.225 e. The van der Waals surface area contributed by atoms with Crippen LogP contribution in [0.4, 0.5) is 5.95 Å². The van der Waals surface area contributed by atoms with Crippen LogP contribution in [-0.4, -0.2) is 109 Å². The summed E-state index contributed by atoms with van der Waals surface area (Å²) in [6, 6.07) is 0. The number of hydrogen-bond donors (Lipinski definition) is 1. The van der Waals surface area contributed by atoms with Crippen LogP contribution in [-0.2, 0) is 20.9 Å². The summed E-state index contributed by atoms with van der Waals surface area (Å²) in [6.45, 7) is 10.5. The Balaban J connectivity index is 1.25. The van der Waals surface area contributed by atoms with E-state index in [1.54, 1.807) is 12.4 Å². The highest BCUT2D eigenvalue weighted by molar-refractivity contribution is 5.76. The van der Waals surface area contributed by atoms with Crippen molar-refractivity contribution < 1.29 is 14.3 Å². The van der Waals surface area contributed by atoms with Crippen LogP contribution in [0.3, 0.4) is 0 Å². The van der Waals surface area contributed by atoms with E-state index >= 15 is 0 Å². The highest BCUT2D eigenvalue weighted by Crippen LogP contribution is 2.12. The summed E-state index contributed by atoms with van der Waals surface area (Å²) in [4.78, 5) is 41.4. The summed E-state index contributed by atoms with van der Waals surface area (Å²) in [5.41, 5.74) is 6.50. The van der Waals surface area contributed by atoms with Crippen LogP contribution in [0, 0.1) is 0 Å². The molecular weight excluding hydrogens is 410 g/mol. The van der Waals surface area contributed by atoms with Gasteiger partial charge in [0.15, 0.2) is 0 Å². The highest BCUT2D eigenvalue weighted by Gasteiger charge is 2.23. The lowest BCUT2D eigenvalue weighted by Crippen LogP contribution is -2.49. The lowest BCUT2D eigenvalue weighted by molar-refractivity contribution is -0.133. The van der Waals surface area contributed by atoms with Crippen LogP contribution in [0.25, 0.3) is 0 Å². The Hall–Kier alpha value is -2.30. The molecule has 0 radical (unpaired) electrons. The third-order valence-corrected chi connectivity index (χ3v) is 6.04. The predicted octanol–water partition coefficient (Wildman–Crippen LogP) is -0.0651. The zero-order valence-corrected chi connectivity index (χ0v) is 19.2. The van der Waals surface area contributed by atoms with Gasteiger partial charge in [0.1, 0.15) is 0 Å². The van der Waals surface area contributed by atoms with Gasteiger partial charge in [-0.15, -0.1) is 0 Å². The van der Waals surface area contributed by atoms with Gasteiger partial charge in [-0.1, -0.05) is 6.92 Å². The number of rotatable bonds is 10. The van der Waals surface area contributed by atoms with Crippen LogP contribution in [0.2, 0.25) is 0 Å². The number of carbonyl (C=O) groups is 2. The van der Waals surface area contributed by atoms with Crippen molar-refractivity contribution in [2.45, 2.75) is 32.7 Å². The maximum atomic E-state index is 12.5. The molecule has 2 saturated heterocycles. The molecule has 2 aliphatic heterocycles. The fourth-order valence-corrected chi connectivity index (χ4v) is 3.98. The molecule has 2 aliphatic rings. The Morgan fingerprint density at radius 1 is 0.906 bits per heavy atom. The first-order valence-electron chi connectivity index (χ1n) is 11.7. The maximum absolute atomic E-state index is 12.5. The first-order valence-corrected chi connectivity index (χ1v) is 11.7. The molecule has 0 saturated carbocycles.